The van der Waals surface area contributed by atoms with Crippen molar-refractivity contribution in [3.63, 3.8) is 0 Å². The molecule has 0 aromatic carbocycles. The number of aliphatic hydroxyl groups excluding tert-OH is 4. The molecule has 5 N–H and O–H groups in total. The number of carboxylic acids is 1. The fourth-order valence-corrected chi connectivity index (χ4v) is 2.48. The van der Waals surface area contributed by atoms with Gasteiger partial charge in [0, 0.05) is 12.7 Å². The number of ether oxygens (including phenoxy) is 2. The van der Waals surface area contributed by atoms with E-state index in [-0.39, 0.29) is 0 Å². The highest BCUT2D eigenvalue weighted by molar-refractivity contribution is 5.79. The van der Waals surface area contributed by atoms with Gasteiger partial charge in [-0.05, 0) is 19.3 Å². The average molecular weight is 348 g/mol. The highest BCUT2D eigenvalue weighted by atomic mass is 16.7. The van der Waals surface area contributed by atoms with E-state index in [0.29, 0.717) is 6.61 Å². The van der Waals surface area contributed by atoms with E-state index in [1.807, 2.05) is 0 Å². The summed E-state index contributed by atoms with van der Waals surface area (Å²) in [5, 5.41) is 46.6. The van der Waals surface area contributed by atoms with Gasteiger partial charge in [-0.25, -0.2) is 4.79 Å². The standard InChI is InChI=1S/C16H28O8/c17-10-11-13(20)14(21)15(22)16(24-11)23-9-7-5-3-1-2-4-6-8-12(18)19/h6,8,11,13-17,20-22H,1-5,7,9-10H2,(H,18,19). The van der Waals surface area contributed by atoms with E-state index >= 15 is 0 Å². The first kappa shape index (κ1) is 21.0. The first-order chi connectivity index (χ1) is 11.5. The van der Waals surface area contributed by atoms with Crippen LogP contribution in [0.15, 0.2) is 12.2 Å². The van der Waals surface area contributed by atoms with Crippen molar-refractivity contribution in [2.24, 2.45) is 0 Å². The summed E-state index contributed by atoms with van der Waals surface area (Å²) < 4.78 is 10.6. The third-order valence-electron chi connectivity index (χ3n) is 3.91. The number of rotatable bonds is 11. The van der Waals surface area contributed by atoms with Crippen molar-refractivity contribution in [2.75, 3.05) is 13.2 Å². The topological polar surface area (TPSA) is 137 Å². The second-order valence-corrected chi connectivity index (χ2v) is 5.87. The maximum atomic E-state index is 10.3. The maximum Gasteiger partial charge on any atom is 0.327 e. The lowest BCUT2D eigenvalue weighted by Crippen LogP contribution is -2.59. The lowest BCUT2D eigenvalue weighted by molar-refractivity contribution is -0.301. The molecular formula is C16H28O8. The molecule has 5 unspecified atom stereocenters. The van der Waals surface area contributed by atoms with Crippen molar-refractivity contribution < 1.29 is 39.8 Å². The van der Waals surface area contributed by atoms with Gasteiger partial charge < -0.3 is 35.0 Å². The largest absolute Gasteiger partial charge is 0.478 e. The lowest BCUT2D eigenvalue weighted by atomic mass is 9.99. The van der Waals surface area contributed by atoms with Crippen LogP contribution in [0.1, 0.15) is 38.5 Å². The van der Waals surface area contributed by atoms with E-state index in [4.69, 9.17) is 19.7 Å². The van der Waals surface area contributed by atoms with Crippen molar-refractivity contribution in [1.82, 2.24) is 0 Å². The minimum Gasteiger partial charge on any atom is -0.478 e. The zero-order chi connectivity index (χ0) is 17.9. The molecule has 0 amide bonds. The molecule has 0 aliphatic carbocycles. The monoisotopic (exact) mass is 348 g/mol. The Balaban J connectivity index is 2.09. The van der Waals surface area contributed by atoms with Gasteiger partial charge in [0.05, 0.1) is 6.61 Å². The Kier molecular flexibility index (Phi) is 10.1. The predicted molar refractivity (Wildman–Crippen MR) is 84.2 cm³/mol. The maximum absolute atomic E-state index is 10.3. The molecular weight excluding hydrogens is 320 g/mol. The minimum atomic E-state index is -1.42. The molecule has 1 fully saturated rings. The van der Waals surface area contributed by atoms with Gasteiger partial charge in [0.25, 0.3) is 0 Å². The average Bonchev–Trinajstić information content (AvgIpc) is 2.56. The van der Waals surface area contributed by atoms with Crippen LogP contribution in [0.2, 0.25) is 0 Å². The Morgan fingerprint density at radius 3 is 2.33 bits per heavy atom. The van der Waals surface area contributed by atoms with Crippen LogP contribution >= 0.6 is 0 Å². The van der Waals surface area contributed by atoms with Gasteiger partial charge in [0.1, 0.15) is 24.4 Å². The van der Waals surface area contributed by atoms with Gasteiger partial charge in [-0.15, -0.1) is 0 Å². The van der Waals surface area contributed by atoms with E-state index in [1.54, 1.807) is 6.08 Å². The normalized spacial score (nSPS) is 30.8. The Hall–Kier alpha value is -1.03. The summed E-state index contributed by atoms with van der Waals surface area (Å²) in [6.45, 7) is -0.136. The molecule has 0 aromatic rings. The number of hydrogen-bond donors (Lipinski definition) is 5. The van der Waals surface area contributed by atoms with Crippen molar-refractivity contribution in [3.8, 4) is 0 Å². The Morgan fingerprint density at radius 2 is 1.67 bits per heavy atom. The molecule has 8 nitrogen and oxygen atoms in total. The smallest absolute Gasteiger partial charge is 0.327 e. The molecule has 0 saturated carbocycles. The number of aliphatic hydroxyl groups is 4. The van der Waals surface area contributed by atoms with Crippen molar-refractivity contribution >= 4 is 5.97 Å². The van der Waals surface area contributed by atoms with E-state index in [0.717, 1.165) is 44.6 Å². The van der Waals surface area contributed by atoms with Crippen molar-refractivity contribution in [1.29, 1.82) is 0 Å². The van der Waals surface area contributed by atoms with Crippen LogP contribution in [0, 0.1) is 0 Å². The zero-order valence-corrected chi connectivity index (χ0v) is 13.7. The molecule has 1 heterocycles. The molecule has 1 rings (SSSR count). The number of allylic oxidation sites excluding steroid dienone is 1. The van der Waals surface area contributed by atoms with Gasteiger partial charge in [-0.1, -0.05) is 25.3 Å². The van der Waals surface area contributed by atoms with Crippen molar-refractivity contribution in [3.05, 3.63) is 12.2 Å². The molecule has 0 spiro atoms. The summed E-state index contributed by atoms with van der Waals surface area (Å²) in [6.07, 6.45) is 1.94. The van der Waals surface area contributed by atoms with Crippen LogP contribution in [-0.4, -0.2) is 75.4 Å². The summed E-state index contributed by atoms with van der Waals surface area (Å²) in [6, 6.07) is 0. The highest BCUT2D eigenvalue weighted by Crippen LogP contribution is 2.22. The summed E-state index contributed by atoms with van der Waals surface area (Å²) in [5.74, 6) is -0.930. The summed E-state index contributed by atoms with van der Waals surface area (Å²) in [4.78, 5) is 10.3. The molecule has 1 saturated heterocycles. The number of aliphatic carboxylic acids is 1. The van der Waals surface area contributed by atoms with E-state index in [1.165, 1.54) is 0 Å². The molecule has 24 heavy (non-hydrogen) atoms. The van der Waals surface area contributed by atoms with Crippen LogP contribution in [0.25, 0.3) is 0 Å². The zero-order valence-electron chi connectivity index (χ0n) is 13.7. The van der Waals surface area contributed by atoms with Crippen LogP contribution in [0.3, 0.4) is 0 Å². The molecule has 0 bridgehead atoms. The number of carboxylic acid groups (broad SMARTS) is 1. The first-order valence-electron chi connectivity index (χ1n) is 8.29. The molecule has 140 valence electrons. The van der Waals surface area contributed by atoms with Crippen molar-refractivity contribution in [2.45, 2.75) is 69.2 Å². The molecule has 0 radical (unpaired) electrons. The van der Waals surface area contributed by atoms with Crippen LogP contribution < -0.4 is 0 Å². The van der Waals surface area contributed by atoms with Gasteiger partial charge in [-0.2, -0.15) is 0 Å². The molecule has 1 aliphatic rings. The van der Waals surface area contributed by atoms with E-state index in [2.05, 4.69) is 0 Å². The Bertz CT molecular complexity index is 384. The Labute approximate surface area is 141 Å². The quantitative estimate of drug-likeness (QED) is 0.255. The number of carbonyl (C=O) groups is 1. The molecule has 8 heteroatoms. The highest BCUT2D eigenvalue weighted by Gasteiger charge is 2.43. The minimum absolute atomic E-state index is 0.335. The molecule has 5 atom stereocenters. The van der Waals surface area contributed by atoms with E-state index < -0.39 is 43.3 Å². The second kappa shape index (κ2) is 11.5. The third kappa shape index (κ3) is 7.25. The van der Waals surface area contributed by atoms with Gasteiger partial charge in [0.15, 0.2) is 6.29 Å². The number of hydrogen-bond acceptors (Lipinski definition) is 7. The van der Waals surface area contributed by atoms with E-state index in [9.17, 15) is 20.1 Å². The second-order valence-electron chi connectivity index (χ2n) is 5.87. The summed E-state index contributed by atoms with van der Waals surface area (Å²) in [7, 11) is 0. The molecule has 0 aromatic heterocycles. The fourth-order valence-electron chi connectivity index (χ4n) is 2.48. The lowest BCUT2D eigenvalue weighted by Gasteiger charge is -2.39. The SMILES string of the molecule is O=C(O)C=CCCCCCCCOC1OC(CO)C(O)C(O)C1O. The summed E-state index contributed by atoms with van der Waals surface area (Å²) in [5.41, 5.74) is 0. The third-order valence-corrected chi connectivity index (χ3v) is 3.91. The Morgan fingerprint density at radius 1 is 1.00 bits per heavy atom. The first-order valence-corrected chi connectivity index (χ1v) is 8.29. The fraction of sp³-hybridized carbons (Fsp3) is 0.812. The van der Waals surface area contributed by atoms with Crippen LogP contribution in [0.5, 0.6) is 0 Å². The molecule has 1 aliphatic heterocycles. The van der Waals surface area contributed by atoms with Crippen LogP contribution in [-0.2, 0) is 14.3 Å². The van der Waals surface area contributed by atoms with Gasteiger partial charge in [-0.3, -0.25) is 0 Å². The van der Waals surface area contributed by atoms with Crippen LogP contribution in [0.4, 0.5) is 0 Å². The van der Waals surface area contributed by atoms with Gasteiger partial charge in [0.2, 0.25) is 0 Å². The predicted octanol–water partition coefficient (Wildman–Crippen LogP) is -0.216. The number of unbranched alkanes of at least 4 members (excludes halogenated alkanes) is 5. The van der Waals surface area contributed by atoms with Gasteiger partial charge >= 0.3 is 5.97 Å². The summed E-state index contributed by atoms with van der Waals surface area (Å²) >= 11 is 0.